The average molecular weight is 477 g/mol. The molecule has 35 heavy (non-hydrogen) atoms. The van der Waals surface area contributed by atoms with Gasteiger partial charge in [-0.15, -0.1) is 5.10 Å². The third-order valence-corrected chi connectivity index (χ3v) is 5.22. The summed E-state index contributed by atoms with van der Waals surface area (Å²) >= 11 is 0. The highest BCUT2D eigenvalue weighted by Crippen LogP contribution is 2.31. The smallest absolute Gasteiger partial charge is 0.291 e. The van der Waals surface area contributed by atoms with Crippen molar-refractivity contribution >= 4 is 11.7 Å². The molecule has 0 aliphatic carbocycles. The summed E-state index contributed by atoms with van der Waals surface area (Å²) in [5.41, 5.74) is 0.707. The van der Waals surface area contributed by atoms with Gasteiger partial charge in [0.1, 0.15) is 35.6 Å². The summed E-state index contributed by atoms with van der Waals surface area (Å²) in [5.74, 6) is 6.22. The summed E-state index contributed by atoms with van der Waals surface area (Å²) in [6, 6.07) is 8.89. The van der Waals surface area contributed by atoms with Crippen LogP contribution in [0.15, 0.2) is 48.7 Å². The Balaban J connectivity index is 1.45. The Hall–Kier alpha value is -4.23. The van der Waals surface area contributed by atoms with Crippen LogP contribution in [-0.4, -0.2) is 56.5 Å². The van der Waals surface area contributed by atoms with Gasteiger partial charge in [0.05, 0.1) is 0 Å². The monoisotopic (exact) mass is 476 g/mol. The average Bonchev–Trinajstić information content (AvgIpc) is 3.25. The van der Waals surface area contributed by atoms with Gasteiger partial charge in [-0.25, -0.2) is 14.4 Å². The van der Waals surface area contributed by atoms with Crippen molar-refractivity contribution in [3.8, 4) is 17.6 Å². The number of hydrogen-bond donors (Lipinski definition) is 3. The molecule has 0 spiro atoms. The van der Waals surface area contributed by atoms with Gasteiger partial charge >= 0.3 is 0 Å². The van der Waals surface area contributed by atoms with Crippen molar-refractivity contribution in [3.05, 3.63) is 77.4 Å². The summed E-state index contributed by atoms with van der Waals surface area (Å²) in [4.78, 5) is 23.3. The molecule has 0 fully saturated rings. The van der Waals surface area contributed by atoms with E-state index in [1.165, 1.54) is 12.1 Å². The first-order valence-corrected chi connectivity index (χ1v) is 10.9. The van der Waals surface area contributed by atoms with E-state index in [2.05, 4.69) is 43.9 Å². The molecule has 1 aliphatic rings. The number of halogens is 1. The van der Waals surface area contributed by atoms with Gasteiger partial charge in [0.15, 0.2) is 11.6 Å². The molecule has 4 rings (SSSR count). The first-order valence-electron chi connectivity index (χ1n) is 10.9. The zero-order valence-corrected chi connectivity index (χ0v) is 19.6. The number of nitrogens with one attached hydrogen (secondary N) is 2. The summed E-state index contributed by atoms with van der Waals surface area (Å²) in [6.45, 7) is 7.41. The number of likely N-dealkylation sites (N-methyl/N-ethyl adjacent to an activating group) is 1. The molecule has 3 heterocycles. The van der Waals surface area contributed by atoms with Crippen molar-refractivity contribution in [1.29, 1.82) is 0 Å². The van der Waals surface area contributed by atoms with Crippen molar-refractivity contribution in [1.82, 2.24) is 25.5 Å². The Morgan fingerprint density at radius 2 is 2.06 bits per heavy atom. The molecule has 0 unspecified atom stereocenters. The summed E-state index contributed by atoms with van der Waals surface area (Å²) in [5, 5.41) is 19.4. The number of aromatic amines is 1. The molecule has 9 nitrogen and oxygen atoms in total. The Morgan fingerprint density at radius 1 is 1.31 bits per heavy atom. The molecular weight excluding hydrogens is 451 g/mol. The lowest BCUT2D eigenvalue weighted by Crippen LogP contribution is -2.43. The van der Waals surface area contributed by atoms with Crippen LogP contribution in [0.25, 0.3) is 0 Å². The number of anilines is 1. The van der Waals surface area contributed by atoms with Crippen LogP contribution in [0.2, 0.25) is 0 Å². The number of hydrogen-bond acceptors (Lipinski definition) is 7. The van der Waals surface area contributed by atoms with Crippen LogP contribution in [0.3, 0.4) is 0 Å². The van der Waals surface area contributed by atoms with Crippen LogP contribution < -0.4 is 15.0 Å². The highest BCUT2D eigenvalue weighted by atomic mass is 19.1. The van der Waals surface area contributed by atoms with Gasteiger partial charge in [-0.3, -0.25) is 9.89 Å². The Kier molecular flexibility index (Phi) is 6.53. The summed E-state index contributed by atoms with van der Waals surface area (Å²) in [7, 11) is 1.77. The fourth-order valence-corrected chi connectivity index (χ4v) is 3.33. The zero-order valence-electron chi connectivity index (χ0n) is 19.6. The Bertz CT molecular complexity index is 1320. The fraction of sp³-hybridized carbons (Fsp3) is 0.280. The fourth-order valence-electron chi connectivity index (χ4n) is 3.33. The van der Waals surface area contributed by atoms with E-state index in [1.54, 1.807) is 50.1 Å². The predicted octanol–water partition coefficient (Wildman–Crippen LogP) is 2.19. The second-order valence-corrected chi connectivity index (χ2v) is 8.62. The van der Waals surface area contributed by atoms with Crippen molar-refractivity contribution < 1.29 is 19.0 Å². The number of H-pyrrole nitrogens is 1. The summed E-state index contributed by atoms with van der Waals surface area (Å²) < 4.78 is 19.0. The topological polar surface area (TPSA) is 116 Å². The van der Waals surface area contributed by atoms with Crippen molar-refractivity contribution in [2.75, 3.05) is 18.6 Å². The molecule has 0 bridgehead atoms. The zero-order chi connectivity index (χ0) is 25.2. The molecular formula is C25H25FN6O3. The van der Waals surface area contributed by atoms with Gasteiger partial charge in [0.2, 0.25) is 5.82 Å². The van der Waals surface area contributed by atoms with Gasteiger partial charge in [0.25, 0.3) is 5.91 Å². The number of fused-ring (bicyclic) bond motifs is 1. The second-order valence-electron chi connectivity index (χ2n) is 8.62. The second kappa shape index (κ2) is 9.56. The number of aliphatic hydroxyl groups is 1. The van der Waals surface area contributed by atoms with E-state index < -0.39 is 17.6 Å². The number of carbonyl (C=O) groups is 1. The lowest BCUT2D eigenvalue weighted by Gasteiger charge is -2.24. The number of benzene rings is 1. The quantitative estimate of drug-likeness (QED) is 0.495. The van der Waals surface area contributed by atoms with Crippen LogP contribution in [0.5, 0.6) is 5.75 Å². The van der Waals surface area contributed by atoms with Gasteiger partial charge in [-0.05, 0) is 49.6 Å². The van der Waals surface area contributed by atoms with E-state index >= 15 is 0 Å². The third-order valence-electron chi connectivity index (χ3n) is 5.22. The minimum Gasteiger partial charge on any atom is -0.487 e. The van der Waals surface area contributed by atoms with Crippen LogP contribution in [0.4, 0.5) is 10.2 Å². The van der Waals surface area contributed by atoms with Crippen LogP contribution in [-0.2, 0) is 6.42 Å². The van der Waals surface area contributed by atoms with Crippen molar-refractivity contribution in [3.63, 3.8) is 0 Å². The molecule has 3 aromatic rings. The number of pyridine rings is 1. The molecule has 1 atom stereocenters. The molecule has 10 heteroatoms. The van der Waals surface area contributed by atoms with Gasteiger partial charge in [-0.1, -0.05) is 24.6 Å². The molecule has 180 valence electrons. The van der Waals surface area contributed by atoms with E-state index in [0.29, 0.717) is 35.2 Å². The maximum absolute atomic E-state index is 13.1. The van der Waals surface area contributed by atoms with Crippen LogP contribution in [0, 0.1) is 17.7 Å². The molecule has 3 N–H and O–H groups in total. The highest BCUT2D eigenvalue weighted by molar-refractivity contribution is 5.91. The number of ether oxygens (including phenoxy) is 1. The van der Waals surface area contributed by atoms with Crippen LogP contribution >= 0.6 is 0 Å². The largest absolute Gasteiger partial charge is 0.487 e. The first kappa shape index (κ1) is 23.9. The molecule has 0 saturated heterocycles. The van der Waals surface area contributed by atoms with E-state index in [1.807, 2.05) is 0 Å². The van der Waals surface area contributed by atoms with E-state index in [9.17, 15) is 14.3 Å². The number of nitrogens with zero attached hydrogens (tertiary/aromatic N) is 4. The third kappa shape index (κ3) is 5.83. The van der Waals surface area contributed by atoms with E-state index in [0.717, 1.165) is 5.56 Å². The maximum Gasteiger partial charge on any atom is 0.291 e. The molecule has 0 radical (unpaired) electrons. The minimum absolute atomic E-state index is 0.0263. The lowest BCUT2D eigenvalue weighted by atomic mass is 10.1. The van der Waals surface area contributed by atoms with Gasteiger partial charge in [-0.2, -0.15) is 0 Å². The number of aromatic nitrogens is 4. The van der Waals surface area contributed by atoms with E-state index in [-0.39, 0.29) is 18.2 Å². The lowest BCUT2D eigenvalue weighted by molar-refractivity contribution is 0.0921. The maximum atomic E-state index is 13.1. The SMILES string of the molecule is C=C1[C@@H](NC(=O)c2n[nH]c(Cc3ccc(F)cc3)n2)COc2ccc(C#CC(C)(C)O)nc2N1C. The first-order chi connectivity index (χ1) is 16.6. The minimum atomic E-state index is -1.14. The van der Waals surface area contributed by atoms with Gasteiger partial charge < -0.3 is 20.1 Å². The molecule has 1 aromatic carbocycles. The number of amides is 1. The Morgan fingerprint density at radius 3 is 2.77 bits per heavy atom. The molecule has 0 saturated carbocycles. The summed E-state index contributed by atoms with van der Waals surface area (Å²) in [6.07, 6.45) is 0.377. The van der Waals surface area contributed by atoms with E-state index in [4.69, 9.17) is 4.74 Å². The molecule has 1 amide bonds. The normalized spacial score (nSPS) is 15.4. The van der Waals surface area contributed by atoms with Crippen molar-refractivity contribution in [2.24, 2.45) is 0 Å². The Labute approximate surface area is 202 Å². The number of carbonyl (C=O) groups excluding carboxylic acids is 1. The standard InChI is InChI=1S/C25H25FN6O3/c1-15-19(14-35-20-10-9-18(11-12-25(2,3)34)27-23(20)32(15)4)28-24(33)22-29-21(30-31-22)13-16-5-7-17(26)8-6-16/h5-10,19,34H,1,13-14H2,2-4H3,(H,28,33)(H,29,30,31)/t19-/m0/s1. The predicted molar refractivity (Wildman–Crippen MR) is 127 cm³/mol. The highest BCUT2D eigenvalue weighted by Gasteiger charge is 2.28. The van der Waals surface area contributed by atoms with Crippen molar-refractivity contribution in [2.45, 2.75) is 31.9 Å². The number of rotatable bonds is 4. The molecule has 1 aliphatic heterocycles. The van der Waals surface area contributed by atoms with Gasteiger partial charge in [0, 0.05) is 19.2 Å². The molecule has 2 aromatic heterocycles. The van der Waals surface area contributed by atoms with Crippen LogP contribution in [0.1, 0.15) is 41.5 Å².